The first-order valence-corrected chi connectivity index (χ1v) is 8.88. The third-order valence-corrected chi connectivity index (χ3v) is 4.29. The number of fused-ring (bicyclic) bond motifs is 1. The summed E-state index contributed by atoms with van der Waals surface area (Å²) >= 11 is 0. The first-order chi connectivity index (χ1) is 13.0. The van der Waals surface area contributed by atoms with Crippen LogP contribution in [0.2, 0.25) is 0 Å². The predicted octanol–water partition coefficient (Wildman–Crippen LogP) is 2.58. The van der Waals surface area contributed by atoms with Gasteiger partial charge in [0.25, 0.3) is 5.56 Å². The topological polar surface area (TPSA) is 91.6 Å². The van der Waals surface area contributed by atoms with Gasteiger partial charge in [-0.05, 0) is 43.5 Å². The van der Waals surface area contributed by atoms with Crippen LogP contribution >= 0.6 is 0 Å². The van der Waals surface area contributed by atoms with Crippen molar-refractivity contribution in [3.63, 3.8) is 0 Å². The summed E-state index contributed by atoms with van der Waals surface area (Å²) in [6.45, 7) is 6.29. The van der Waals surface area contributed by atoms with Gasteiger partial charge in [-0.2, -0.15) is 10.1 Å². The largest absolute Gasteiger partial charge is 0.337 e. The number of nitrogens with zero attached hydrogens (tertiary/aromatic N) is 6. The Kier molecular flexibility index (Phi) is 4.31. The van der Waals surface area contributed by atoms with Crippen molar-refractivity contribution in [3.05, 3.63) is 63.9 Å². The lowest BCUT2D eigenvalue weighted by atomic mass is 10.1. The van der Waals surface area contributed by atoms with E-state index in [9.17, 15) is 4.79 Å². The zero-order valence-electron chi connectivity index (χ0n) is 15.5. The minimum Gasteiger partial charge on any atom is -0.337 e. The fourth-order valence-electron chi connectivity index (χ4n) is 3.15. The van der Waals surface area contributed by atoms with Gasteiger partial charge in [-0.25, -0.2) is 9.67 Å². The Balaban J connectivity index is 1.72. The van der Waals surface area contributed by atoms with E-state index in [2.05, 4.69) is 26.3 Å². The molecule has 0 unspecified atom stereocenters. The summed E-state index contributed by atoms with van der Waals surface area (Å²) in [4.78, 5) is 21.6. The van der Waals surface area contributed by atoms with Gasteiger partial charge in [0, 0.05) is 6.42 Å². The van der Waals surface area contributed by atoms with E-state index in [1.807, 2.05) is 32.9 Å². The molecule has 0 radical (unpaired) electrons. The first kappa shape index (κ1) is 17.1. The highest BCUT2D eigenvalue weighted by atomic mass is 16.5. The molecule has 0 aliphatic carbocycles. The van der Waals surface area contributed by atoms with Crippen LogP contribution in [0.3, 0.4) is 0 Å². The van der Waals surface area contributed by atoms with Gasteiger partial charge in [-0.3, -0.25) is 9.36 Å². The van der Waals surface area contributed by atoms with Gasteiger partial charge in [-0.15, -0.1) is 0 Å². The van der Waals surface area contributed by atoms with Crippen LogP contribution in [0.1, 0.15) is 36.2 Å². The number of rotatable bonds is 5. The molecule has 0 saturated heterocycles. The molecule has 0 aliphatic rings. The first-order valence-electron chi connectivity index (χ1n) is 8.88. The molecule has 138 valence electrons. The van der Waals surface area contributed by atoms with Crippen molar-refractivity contribution in [1.29, 1.82) is 0 Å². The van der Waals surface area contributed by atoms with E-state index < -0.39 is 0 Å². The van der Waals surface area contributed by atoms with Crippen molar-refractivity contribution in [2.75, 3.05) is 0 Å². The molecule has 0 atom stereocenters. The normalized spacial score (nSPS) is 11.4. The number of benzene rings is 1. The quantitative estimate of drug-likeness (QED) is 0.540. The Morgan fingerprint density at radius 3 is 2.67 bits per heavy atom. The molecular formula is C19H20N6O2. The molecule has 1 aromatic carbocycles. The Labute approximate surface area is 155 Å². The van der Waals surface area contributed by atoms with Crippen molar-refractivity contribution in [2.45, 2.75) is 40.2 Å². The second-order valence-corrected chi connectivity index (χ2v) is 6.67. The molecule has 0 fully saturated rings. The van der Waals surface area contributed by atoms with Gasteiger partial charge in [0.2, 0.25) is 5.89 Å². The Bertz CT molecular complexity index is 1150. The zero-order chi connectivity index (χ0) is 19.0. The second-order valence-electron chi connectivity index (χ2n) is 6.67. The standard InChI is InChI=1S/C19H20N6O2/c1-4-5-16-22-17(27-23-16)10-24-11-20-18-15(19(24)26)9-21-25(18)14-7-12(2)6-13(3)8-14/h6-9,11H,4-5,10H2,1-3H3. The molecule has 3 aromatic heterocycles. The van der Waals surface area contributed by atoms with E-state index in [-0.39, 0.29) is 12.1 Å². The number of hydrogen-bond acceptors (Lipinski definition) is 6. The highest BCUT2D eigenvalue weighted by Gasteiger charge is 2.14. The molecule has 4 rings (SSSR count). The van der Waals surface area contributed by atoms with Gasteiger partial charge < -0.3 is 4.52 Å². The van der Waals surface area contributed by atoms with E-state index in [1.54, 1.807) is 10.9 Å². The van der Waals surface area contributed by atoms with Gasteiger partial charge in [0.15, 0.2) is 11.5 Å². The number of hydrogen-bond donors (Lipinski definition) is 0. The monoisotopic (exact) mass is 364 g/mol. The summed E-state index contributed by atoms with van der Waals surface area (Å²) in [7, 11) is 0. The molecule has 0 spiro atoms. The van der Waals surface area contributed by atoms with E-state index in [0.717, 1.165) is 29.7 Å². The average Bonchev–Trinajstić information content (AvgIpc) is 3.24. The summed E-state index contributed by atoms with van der Waals surface area (Å²) < 4.78 is 8.36. The van der Waals surface area contributed by atoms with E-state index in [0.29, 0.717) is 22.7 Å². The Morgan fingerprint density at radius 1 is 1.15 bits per heavy atom. The van der Waals surface area contributed by atoms with E-state index >= 15 is 0 Å². The minimum absolute atomic E-state index is 0.188. The molecule has 0 saturated carbocycles. The van der Waals surface area contributed by atoms with Crippen LogP contribution in [0, 0.1) is 13.8 Å². The Hall–Kier alpha value is -3.29. The van der Waals surface area contributed by atoms with Crippen LogP contribution in [0.25, 0.3) is 16.7 Å². The maximum Gasteiger partial charge on any atom is 0.264 e. The predicted molar refractivity (Wildman–Crippen MR) is 100.0 cm³/mol. The molecular weight excluding hydrogens is 344 g/mol. The molecule has 8 heteroatoms. The van der Waals surface area contributed by atoms with Crippen LogP contribution in [-0.4, -0.2) is 29.5 Å². The molecule has 4 aromatic rings. The van der Waals surface area contributed by atoms with Crippen molar-refractivity contribution in [1.82, 2.24) is 29.5 Å². The lowest BCUT2D eigenvalue weighted by Gasteiger charge is -2.06. The summed E-state index contributed by atoms with van der Waals surface area (Å²) in [6, 6.07) is 6.12. The maximum atomic E-state index is 12.8. The fourth-order valence-corrected chi connectivity index (χ4v) is 3.15. The van der Waals surface area contributed by atoms with E-state index in [1.165, 1.54) is 10.9 Å². The van der Waals surface area contributed by atoms with Crippen LogP contribution in [0.5, 0.6) is 0 Å². The van der Waals surface area contributed by atoms with Crippen molar-refractivity contribution >= 4 is 11.0 Å². The molecule has 0 amide bonds. The summed E-state index contributed by atoms with van der Waals surface area (Å²) in [6.07, 6.45) is 4.73. The fraction of sp³-hybridized carbons (Fsp3) is 0.316. The van der Waals surface area contributed by atoms with Gasteiger partial charge in [0.05, 0.1) is 11.9 Å². The number of aryl methyl sites for hydroxylation is 3. The van der Waals surface area contributed by atoms with Crippen LogP contribution in [0.15, 0.2) is 40.0 Å². The second kappa shape index (κ2) is 6.79. The maximum absolute atomic E-state index is 12.8. The Morgan fingerprint density at radius 2 is 1.93 bits per heavy atom. The smallest absolute Gasteiger partial charge is 0.264 e. The van der Waals surface area contributed by atoms with Crippen LogP contribution in [0.4, 0.5) is 0 Å². The van der Waals surface area contributed by atoms with Crippen molar-refractivity contribution < 1.29 is 4.52 Å². The third-order valence-electron chi connectivity index (χ3n) is 4.29. The van der Waals surface area contributed by atoms with Crippen molar-refractivity contribution in [3.8, 4) is 5.69 Å². The highest BCUT2D eigenvalue weighted by molar-refractivity contribution is 5.75. The minimum atomic E-state index is -0.189. The summed E-state index contributed by atoms with van der Waals surface area (Å²) in [5.41, 5.74) is 3.47. The molecule has 0 aliphatic heterocycles. The molecule has 0 bridgehead atoms. The number of aromatic nitrogens is 6. The van der Waals surface area contributed by atoms with Crippen molar-refractivity contribution in [2.24, 2.45) is 0 Å². The lowest BCUT2D eigenvalue weighted by molar-refractivity contribution is 0.364. The molecule has 0 N–H and O–H groups in total. The summed E-state index contributed by atoms with van der Waals surface area (Å²) in [5.74, 6) is 1.04. The zero-order valence-corrected chi connectivity index (χ0v) is 15.5. The molecule has 3 heterocycles. The van der Waals surface area contributed by atoms with Gasteiger partial charge >= 0.3 is 0 Å². The third kappa shape index (κ3) is 3.25. The average molecular weight is 364 g/mol. The summed E-state index contributed by atoms with van der Waals surface area (Å²) in [5, 5.41) is 8.74. The SMILES string of the molecule is CCCc1noc(Cn2cnc3c(cnn3-c3cc(C)cc(C)c3)c2=O)n1. The van der Waals surface area contributed by atoms with Gasteiger partial charge in [-0.1, -0.05) is 18.1 Å². The van der Waals surface area contributed by atoms with E-state index in [4.69, 9.17) is 4.52 Å². The highest BCUT2D eigenvalue weighted by Crippen LogP contribution is 2.17. The molecule has 27 heavy (non-hydrogen) atoms. The van der Waals surface area contributed by atoms with Crippen LogP contribution < -0.4 is 5.56 Å². The van der Waals surface area contributed by atoms with Gasteiger partial charge in [0.1, 0.15) is 18.3 Å². The van der Waals surface area contributed by atoms with Crippen LogP contribution in [-0.2, 0) is 13.0 Å². The molecule has 8 nitrogen and oxygen atoms in total. The lowest BCUT2D eigenvalue weighted by Crippen LogP contribution is -2.21.